The minimum Gasteiger partial charge on any atom is -0.486 e. The Balaban J connectivity index is 0.000000279. The Morgan fingerprint density at radius 2 is 1.93 bits per heavy atom. The number of nitrogens with zero attached hydrogens (tertiary/aromatic N) is 1. The first-order valence-corrected chi connectivity index (χ1v) is 9.87. The lowest BCUT2D eigenvalue weighted by molar-refractivity contribution is -0.0213. The van der Waals surface area contributed by atoms with Crippen molar-refractivity contribution in [2.24, 2.45) is 0 Å². The van der Waals surface area contributed by atoms with E-state index in [0.29, 0.717) is 12.3 Å². The summed E-state index contributed by atoms with van der Waals surface area (Å²) >= 11 is 0. The molecule has 0 aliphatic carbocycles. The Kier molecular flexibility index (Phi) is 7.84. The predicted molar refractivity (Wildman–Crippen MR) is 109 cm³/mol. The van der Waals surface area contributed by atoms with Crippen molar-refractivity contribution in [1.82, 2.24) is 5.32 Å². The smallest absolute Gasteiger partial charge is 0.310 e. The highest BCUT2D eigenvalue weighted by atomic mass is 19.3. The molecule has 1 aromatic rings. The molecule has 2 aliphatic rings. The van der Waals surface area contributed by atoms with Gasteiger partial charge in [0.15, 0.2) is 6.61 Å². The van der Waals surface area contributed by atoms with Crippen molar-refractivity contribution < 1.29 is 13.5 Å². The molecular formula is C22H32F2N2O. The zero-order chi connectivity index (χ0) is 19.9. The van der Waals surface area contributed by atoms with Crippen LogP contribution in [0.4, 0.5) is 14.5 Å². The third-order valence-corrected chi connectivity index (χ3v) is 4.67. The number of alkyl halides is 2. The van der Waals surface area contributed by atoms with Gasteiger partial charge in [-0.25, -0.2) is 0 Å². The zero-order valence-corrected chi connectivity index (χ0v) is 16.9. The SMILES string of the molecule is CC1=CCN(c2ccc3c(c2)C(F)(F)CO3)C(C)=C1.CCCCNCCC. The maximum absolute atomic E-state index is 13.7. The molecule has 0 aromatic heterocycles. The number of benzene rings is 1. The Morgan fingerprint density at radius 3 is 2.59 bits per heavy atom. The fourth-order valence-electron chi connectivity index (χ4n) is 3.10. The second kappa shape index (κ2) is 9.88. The Hall–Kier alpha value is -1.88. The van der Waals surface area contributed by atoms with Crippen molar-refractivity contribution in [3.63, 3.8) is 0 Å². The number of halogens is 2. The molecule has 0 saturated carbocycles. The number of allylic oxidation sites excluding steroid dienone is 3. The highest BCUT2D eigenvalue weighted by Crippen LogP contribution is 2.43. The molecule has 3 nitrogen and oxygen atoms in total. The number of rotatable bonds is 6. The van der Waals surface area contributed by atoms with Crippen LogP contribution in [0.25, 0.3) is 0 Å². The zero-order valence-electron chi connectivity index (χ0n) is 16.9. The summed E-state index contributed by atoms with van der Waals surface area (Å²) in [5.74, 6) is -2.59. The Labute approximate surface area is 162 Å². The molecule has 1 N–H and O–H groups in total. The van der Waals surface area contributed by atoms with Gasteiger partial charge in [0.25, 0.3) is 0 Å². The van der Waals surface area contributed by atoms with E-state index in [-0.39, 0.29) is 5.56 Å². The molecule has 0 bridgehead atoms. The van der Waals surface area contributed by atoms with Gasteiger partial charge in [-0.2, -0.15) is 8.78 Å². The largest absolute Gasteiger partial charge is 0.486 e. The Morgan fingerprint density at radius 1 is 1.15 bits per heavy atom. The van der Waals surface area contributed by atoms with E-state index >= 15 is 0 Å². The van der Waals surface area contributed by atoms with E-state index in [1.807, 2.05) is 30.9 Å². The highest BCUT2D eigenvalue weighted by Gasteiger charge is 2.41. The van der Waals surface area contributed by atoms with Gasteiger partial charge in [-0.05, 0) is 64.1 Å². The summed E-state index contributed by atoms with van der Waals surface area (Å²) < 4.78 is 32.4. The average Bonchev–Trinajstić information content (AvgIpc) is 2.94. The van der Waals surface area contributed by atoms with E-state index < -0.39 is 12.5 Å². The molecule has 3 rings (SSSR count). The maximum Gasteiger partial charge on any atom is 0.310 e. The normalized spacial score (nSPS) is 17.3. The van der Waals surface area contributed by atoms with Gasteiger partial charge in [0.1, 0.15) is 5.75 Å². The molecule has 0 radical (unpaired) electrons. The van der Waals surface area contributed by atoms with Gasteiger partial charge in [0, 0.05) is 17.9 Å². The van der Waals surface area contributed by atoms with Crippen LogP contribution in [0, 0.1) is 0 Å². The van der Waals surface area contributed by atoms with Gasteiger partial charge in [-0.15, -0.1) is 0 Å². The molecular weight excluding hydrogens is 346 g/mol. The van der Waals surface area contributed by atoms with E-state index in [1.165, 1.54) is 44.0 Å². The molecule has 0 atom stereocenters. The average molecular weight is 379 g/mol. The standard InChI is InChI=1S/C15H15F2NO.C7H17N/c1-10-5-6-18(11(2)7-10)12-3-4-14-13(8-12)15(16,17)9-19-14;1-3-5-7-8-6-4-2/h3-5,7-8H,6,9H2,1-2H3;8H,3-7H2,1-2H3. The van der Waals surface area contributed by atoms with Crippen LogP contribution in [0.15, 0.2) is 41.6 Å². The van der Waals surface area contributed by atoms with Crippen LogP contribution in [-0.2, 0) is 5.92 Å². The number of hydrogen-bond donors (Lipinski definition) is 1. The summed E-state index contributed by atoms with van der Waals surface area (Å²) in [6, 6.07) is 4.99. The first-order valence-electron chi connectivity index (χ1n) is 9.87. The lowest BCUT2D eigenvalue weighted by atomic mass is 10.1. The molecule has 27 heavy (non-hydrogen) atoms. The van der Waals surface area contributed by atoms with Crippen LogP contribution in [0.2, 0.25) is 0 Å². The van der Waals surface area contributed by atoms with E-state index in [1.54, 1.807) is 6.07 Å². The number of nitrogens with one attached hydrogen (secondary N) is 1. The number of fused-ring (bicyclic) bond motifs is 1. The molecule has 0 amide bonds. The summed E-state index contributed by atoms with van der Waals surface area (Å²) in [7, 11) is 0. The van der Waals surface area contributed by atoms with Crippen LogP contribution < -0.4 is 15.0 Å². The van der Waals surface area contributed by atoms with Crippen molar-refractivity contribution in [2.45, 2.75) is 52.9 Å². The summed E-state index contributed by atoms with van der Waals surface area (Å²) in [6.07, 6.45) is 8.00. The van der Waals surface area contributed by atoms with E-state index in [2.05, 4.69) is 25.2 Å². The van der Waals surface area contributed by atoms with Crippen LogP contribution in [0.5, 0.6) is 5.75 Å². The van der Waals surface area contributed by atoms with E-state index in [9.17, 15) is 8.78 Å². The van der Waals surface area contributed by atoms with Crippen molar-refractivity contribution in [1.29, 1.82) is 0 Å². The van der Waals surface area contributed by atoms with Crippen LogP contribution >= 0.6 is 0 Å². The summed E-state index contributed by atoms with van der Waals surface area (Å²) in [6.45, 7) is 11.0. The van der Waals surface area contributed by atoms with E-state index in [0.717, 1.165) is 11.4 Å². The number of ether oxygens (including phenoxy) is 1. The van der Waals surface area contributed by atoms with E-state index in [4.69, 9.17) is 4.74 Å². The summed E-state index contributed by atoms with van der Waals surface area (Å²) in [5.41, 5.74) is 3.02. The second-order valence-corrected chi connectivity index (χ2v) is 7.12. The highest BCUT2D eigenvalue weighted by molar-refractivity contribution is 5.60. The molecule has 0 spiro atoms. The molecule has 150 valence electrons. The molecule has 0 unspecified atom stereocenters. The van der Waals surface area contributed by atoms with Gasteiger partial charge in [0.05, 0.1) is 5.56 Å². The van der Waals surface area contributed by atoms with Crippen molar-refractivity contribution in [2.75, 3.05) is 31.1 Å². The lowest BCUT2D eigenvalue weighted by Crippen LogP contribution is -2.24. The third-order valence-electron chi connectivity index (χ3n) is 4.67. The fourth-order valence-corrected chi connectivity index (χ4v) is 3.10. The molecule has 2 heterocycles. The van der Waals surface area contributed by atoms with Crippen LogP contribution in [0.3, 0.4) is 0 Å². The van der Waals surface area contributed by atoms with Gasteiger partial charge in [-0.1, -0.05) is 31.9 Å². The minimum atomic E-state index is -2.88. The number of anilines is 1. The number of hydrogen-bond acceptors (Lipinski definition) is 3. The number of unbranched alkanes of at least 4 members (excludes halogenated alkanes) is 1. The first kappa shape index (κ1) is 21.4. The molecule has 2 aliphatic heterocycles. The molecule has 0 fully saturated rings. The van der Waals surface area contributed by atoms with Crippen molar-refractivity contribution in [3.05, 3.63) is 47.2 Å². The van der Waals surface area contributed by atoms with Gasteiger partial charge in [-0.3, -0.25) is 0 Å². The first-order chi connectivity index (χ1) is 12.9. The fraction of sp³-hybridized carbons (Fsp3) is 0.545. The molecule has 5 heteroatoms. The maximum atomic E-state index is 13.7. The van der Waals surface area contributed by atoms with Crippen molar-refractivity contribution in [3.8, 4) is 5.75 Å². The minimum absolute atomic E-state index is 0.0101. The third kappa shape index (κ3) is 5.80. The molecule has 0 saturated heterocycles. The second-order valence-electron chi connectivity index (χ2n) is 7.12. The van der Waals surface area contributed by atoms with Crippen LogP contribution in [-0.4, -0.2) is 26.2 Å². The Bertz CT molecular complexity index is 677. The molecule has 1 aromatic carbocycles. The quantitative estimate of drug-likeness (QED) is 0.650. The lowest BCUT2D eigenvalue weighted by Gasteiger charge is -2.28. The van der Waals surface area contributed by atoms with Gasteiger partial charge < -0.3 is 15.0 Å². The van der Waals surface area contributed by atoms with Gasteiger partial charge >= 0.3 is 5.92 Å². The van der Waals surface area contributed by atoms with Crippen LogP contribution in [0.1, 0.15) is 52.5 Å². The predicted octanol–water partition coefficient (Wildman–Crippen LogP) is 5.63. The summed E-state index contributed by atoms with van der Waals surface area (Å²) in [4.78, 5) is 2.02. The van der Waals surface area contributed by atoms with Gasteiger partial charge in [0.2, 0.25) is 0 Å². The topological polar surface area (TPSA) is 24.5 Å². The monoisotopic (exact) mass is 378 g/mol. The van der Waals surface area contributed by atoms with Crippen molar-refractivity contribution >= 4 is 5.69 Å². The summed E-state index contributed by atoms with van der Waals surface area (Å²) in [5, 5.41) is 3.34.